The summed E-state index contributed by atoms with van der Waals surface area (Å²) in [5.41, 5.74) is 1.79. The molecule has 1 aliphatic heterocycles. The van der Waals surface area contributed by atoms with Crippen molar-refractivity contribution in [1.82, 2.24) is 4.90 Å². The van der Waals surface area contributed by atoms with Gasteiger partial charge in [-0.3, -0.25) is 9.59 Å². The zero-order valence-corrected chi connectivity index (χ0v) is 20.1. The minimum absolute atomic E-state index is 0.00223. The van der Waals surface area contributed by atoms with E-state index in [-0.39, 0.29) is 23.6 Å². The summed E-state index contributed by atoms with van der Waals surface area (Å²) in [6.07, 6.45) is 0. The lowest BCUT2D eigenvalue weighted by Gasteiger charge is -2.25. The molecule has 0 bridgehead atoms. The number of hydrogen-bond acceptors (Lipinski definition) is 6. The van der Waals surface area contributed by atoms with Crippen LogP contribution in [0.5, 0.6) is 11.5 Å². The van der Waals surface area contributed by atoms with Crippen LogP contribution in [-0.2, 0) is 16.1 Å². The first-order chi connectivity index (χ1) is 16.3. The van der Waals surface area contributed by atoms with Gasteiger partial charge in [0.2, 0.25) is 0 Å². The van der Waals surface area contributed by atoms with E-state index < -0.39 is 17.7 Å². The highest BCUT2D eigenvalue weighted by Gasteiger charge is 2.46. The lowest BCUT2D eigenvalue weighted by molar-refractivity contribution is -0.140. The Labute approximate surface area is 202 Å². The lowest BCUT2D eigenvalue weighted by Crippen LogP contribution is -2.28. The molecule has 0 radical (unpaired) electrons. The number of Topliss-reactive ketones (excluding diaryl/α,β-unsaturated/α-hetero) is 1. The second-order valence-electron chi connectivity index (χ2n) is 8.79. The maximum Gasteiger partial charge on any atom is 0.295 e. The number of phenolic OH excluding ortho intramolecular Hbond substituents is 1. The first kappa shape index (κ1) is 23.6. The molecule has 1 aliphatic rings. The van der Waals surface area contributed by atoms with Crippen LogP contribution in [0.15, 0.2) is 65.6 Å². The van der Waals surface area contributed by atoms with Gasteiger partial charge in [0.1, 0.15) is 17.3 Å². The number of nitrogens with zero attached hydrogens (tertiary/aromatic N) is 1. The van der Waals surface area contributed by atoms with Crippen molar-refractivity contribution in [3.63, 3.8) is 0 Å². The van der Waals surface area contributed by atoms with E-state index in [0.717, 1.165) is 10.4 Å². The van der Waals surface area contributed by atoms with Crippen molar-refractivity contribution in [3.8, 4) is 11.5 Å². The number of amides is 1. The third-order valence-electron chi connectivity index (χ3n) is 5.65. The predicted octanol–water partition coefficient (Wildman–Crippen LogP) is 5.42. The molecule has 7 heteroatoms. The summed E-state index contributed by atoms with van der Waals surface area (Å²) >= 11 is 1.48. The van der Waals surface area contributed by atoms with Gasteiger partial charge in [-0.2, -0.15) is 0 Å². The van der Waals surface area contributed by atoms with Crippen molar-refractivity contribution >= 4 is 28.8 Å². The molecule has 2 N–H and O–H groups in total. The Kier molecular flexibility index (Phi) is 6.75. The Morgan fingerprint density at radius 1 is 1.12 bits per heavy atom. The van der Waals surface area contributed by atoms with Crippen molar-refractivity contribution in [2.75, 3.05) is 6.61 Å². The Balaban J connectivity index is 1.79. The van der Waals surface area contributed by atoms with Gasteiger partial charge in [-0.05, 0) is 65.7 Å². The maximum atomic E-state index is 13.2. The summed E-state index contributed by atoms with van der Waals surface area (Å²) in [6, 6.07) is 14.6. The van der Waals surface area contributed by atoms with Crippen molar-refractivity contribution in [1.29, 1.82) is 0 Å². The van der Waals surface area contributed by atoms with Crippen molar-refractivity contribution in [2.24, 2.45) is 5.92 Å². The molecule has 1 amide bonds. The number of phenols is 1. The third kappa shape index (κ3) is 4.70. The molecule has 1 saturated heterocycles. The number of likely N-dealkylation sites (tertiary alicyclic amines) is 1. The number of aliphatic hydroxyl groups is 1. The highest BCUT2D eigenvalue weighted by Crippen LogP contribution is 2.41. The molecule has 2 aromatic carbocycles. The highest BCUT2D eigenvalue weighted by atomic mass is 32.1. The number of ether oxygens (including phenoxy) is 1. The number of aryl methyl sites for hydroxylation is 1. The molecular weight excluding hydrogens is 450 g/mol. The molecule has 0 aliphatic carbocycles. The number of benzene rings is 2. The smallest absolute Gasteiger partial charge is 0.295 e. The van der Waals surface area contributed by atoms with Crippen LogP contribution >= 0.6 is 11.3 Å². The van der Waals surface area contributed by atoms with Crippen LogP contribution in [0, 0.1) is 12.8 Å². The fraction of sp³-hybridized carbons (Fsp3) is 0.259. The number of aromatic hydroxyl groups is 1. The standard InChI is InChI=1S/C27H27NO5S/c1-16(2)15-33-22-10-9-19(12-17(22)3)25(30)23-24(18-6-4-7-20(29)13-18)28(27(32)26(23)31)14-21-8-5-11-34-21/h4-13,16,24,29-30H,14-15H2,1-3H3/b25-23-. The van der Waals surface area contributed by atoms with Crippen LogP contribution in [0.25, 0.3) is 5.76 Å². The number of carbonyl (C=O) groups excluding carboxylic acids is 2. The Morgan fingerprint density at radius 2 is 1.91 bits per heavy atom. The first-order valence-corrected chi connectivity index (χ1v) is 12.0. The lowest BCUT2D eigenvalue weighted by atomic mass is 9.94. The summed E-state index contributed by atoms with van der Waals surface area (Å²) in [5.74, 6) is -0.597. The second kappa shape index (κ2) is 9.73. The Bertz CT molecular complexity index is 1250. The van der Waals surface area contributed by atoms with Crippen LogP contribution in [0.2, 0.25) is 0 Å². The molecular formula is C27H27NO5S. The molecule has 0 spiro atoms. The monoisotopic (exact) mass is 477 g/mol. The summed E-state index contributed by atoms with van der Waals surface area (Å²) < 4.78 is 5.82. The average Bonchev–Trinajstić information content (AvgIpc) is 3.40. The van der Waals surface area contributed by atoms with Gasteiger partial charge in [-0.15, -0.1) is 11.3 Å². The van der Waals surface area contributed by atoms with Crippen LogP contribution in [0.4, 0.5) is 0 Å². The number of ketones is 1. The SMILES string of the molecule is Cc1cc(/C(O)=C2/C(=O)C(=O)N(Cc3cccs3)C2c2cccc(O)c2)ccc1OCC(C)C. The minimum atomic E-state index is -0.827. The van der Waals surface area contributed by atoms with E-state index in [9.17, 15) is 19.8 Å². The molecule has 1 fully saturated rings. The quantitative estimate of drug-likeness (QED) is 0.270. The predicted molar refractivity (Wildman–Crippen MR) is 132 cm³/mol. The Morgan fingerprint density at radius 3 is 2.56 bits per heavy atom. The van der Waals surface area contributed by atoms with Crippen molar-refractivity contribution < 1.29 is 24.5 Å². The molecule has 4 rings (SSSR count). The molecule has 1 aromatic heterocycles. The van der Waals surface area contributed by atoms with E-state index in [4.69, 9.17) is 4.74 Å². The van der Waals surface area contributed by atoms with E-state index >= 15 is 0 Å². The van der Waals surface area contributed by atoms with Gasteiger partial charge in [0.25, 0.3) is 11.7 Å². The third-order valence-corrected chi connectivity index (χ3v) is 6.51. The number of aliphatic hydroxyl groups excluding tert-OH is 1. The fourth-order valence-electron chi connectivity index (χ4n) is 4.03. The van der Waals surface area contributed by atoms with Gasteiger partial charge in [-0.25, -0.2) is 0 Å². The van der Waals surface area contributed by atoms with Gasteiger partial charge < -0.3 is 19.8 Å². The van der Waals surface area contributed by atoms with E-state index in [1.54, 1.807) is 30.3 Å². The molecule has 6 nitrogen and oxygen atoms in total. The van der Waals surface area contributed by atoms with Crippen molar-refractivity contribution in [3.05, 3.63) is 87.1 Å². The van der Waals surface area contributed by atoms with E-state index in [1.807, 2.05) is 24.4 Å². The molecule has 2 heterocycles. The molecule has 3 aromatic rings. The molecule has 1 unspecified atom stereocenters. The maximum absolute atomic E-state index is 13.2. The van der Waals surface area contributed by atoms with Crippen LogP contribution in [-0.4, -0.2) is 33.4 Å². The van der Waals surface area contributed by atoms with Crippen LogP contribution in [0.3, 0.4) is 0 Å². The highest BCUT2D eigenvalue weighted by molar-refractivity contribution is 7.09. The molecule has 176 valence electrons. The minimum Gasteiger partial charge on any atom is -0.508 e. The van der Waals surface area contributed by atoms with E-state index in [2.05, 4.69) is 13.8 Å². The Hall–Kier alpha value is -3.58. The van der Waals surface area contributed by atoms with E-state index in [0.29, 0.717) is 29.4 Å². The molecule has 1 atom stereocenters. The van der Waals surface area contributed by atoms with Gasteiger partial charge >= 0.3 is 0 Å². The van der Waals surface area contributed by atoms with Crippen LogP contribution < -0.4 is 4.74 Å². The van der Waals surface area contributed by atoms with Crippen LogP contribution in [0.1, 0.15) is 41.5 Å². The summed E-state index contributed by atoms with van der Waals surface area (Å²) in [5, 5.41) is 23.2. The number of thiophene rings is 1. The number of hydrogen-bond donors (Lipinski definition) is 2. The largest absolute Gasteiger partial charge is 0.508 e. The zero-order valence-electron chi connectivity index (χ0n) is 19.3. The fourth-order valence-corrected chi connectivity index (χ4v) is 4.73. The first-order valence-electron chi connectivity index (χ1n) is 11.1. The van der Waals surface area contributed by atoms with E-state index in [1.165, 1.54) is 28.4 Å². The van der Waals surface area contributed by atoms with Gasteiger partial charge in [-0.1, -0.05) is 32.0 Å². The average molecular weight is 478 g/mol. The molecule has 0 saturated carbocycles. The summed E-state index contributed by atoms with van der Waals surface area (Å²) in [6.45, 7) is 6.78. The van der Waals surface area contributed by atoms with Gasteiger partial charge in [0.15, 0.2) is 0 Å². The van der Waals surface area contributed by atoms with Crippen molar-refractivity contribution in [2.45, 2.75) is 33.4 Å². The second-order valence-corrected chi connectivity index (χ2v) is 9.82. The van der Waals surface area contributed by atoms with Gasteiger partial charge in [0, 0.05) is 10.4 Å². The topological polar surface area (TPSA) is 87.1 Å². The number of rotatable bonds is 7. The summed E-state index contributed by atoms with van der Waals surface area (Å²) in [7, 11) is 0. The summed E-state index contributed by atoms with van der Waals surface area (Å²) in [4.78, 5) is 28.6. The zero-order chi connectivity index (χ0) is 24.4. The van der Waals surface area contributed by atoms with Gasteiger partial charge in [0.05, 0.1) is 24.8 Å². The number of carbonyl (C=O) groups is 2. The normalized spacial score (nSPS) is 17.5. The molecule has 34 heavy (non-hydrogen) atoms.